The Labute approximate surface area is 109 Å². The standard InChI is InChI=1S/C12H12Cl2N2O/c13-6-4-8(14)11-10(5-6)16-12(17-11)7-2-1-3-9(7)15/h4-5,7,9H,1-3,15H2. The summed E-state index contributed by atoms with van der Waals surface area (Å²) in [6.07, 6.45) is 3.18. The van der Waals surface area contributed by atoms with Crippen molar-refractivity contribution in [2.45, 2.75) is 31.2 Å². The van der Waals surface area contributed by atoms with Gasteiger partial charge in [0.15, 0.2) is 11.5 Å². The highest BCUT2D eigenvalue weighted by Crippen LogP contribution is 2.36. The van der Waals surface area contributed by atoms with Crippen LogP contribution in [-0.2, 0) is 0 Å². The Balaban J connectivity index is 2.10. The molecule has 0 aliphatic heterocycles. The number of fused-ring (bicyclic) bond motifs is 1. The van der Waals surface area contributed by atoms with E-state index in [1.54, 1.807) is 12.1 Å². The number of hydrogen-bond acceptors (Lipinski definition) is 3. The lowest BCUT2D eigenvalue weighted by atomic mass is 10.1. The van der Waals surface area contributed by atoms with Crippen molar-refractivity contribution in [3.63, 3.8) is 0 Å². The topological polar surface area (TPSA) is 52.0 Å². The maximum absolute atomic E-state index is 6.07. The van der Waals surface area contributed by atoms with Crippen LogP contribution in [-0.4, -0.2) is 11.0 Å². The van der Waals surface area contributed by atoms with Gasteiger partial charge in [0.1, 0.15) is 5.52 Å². The first-order valence-electron chi connectivity index (χ1n) is 5.66. The summed E-state index contributed by atoms with van der Waals surface area (Å²) in [5.74, 6) is 0.895. The lowest BCUT2D eigenvalue weighted by molar-refractivity contribution is 0.449. The normalized spacial score (nSPS) is 24.6. The van der Waals surface area contributed by atoms with Gasteiger partial charge in [0.2, 0.25) is 0 Å². The molecular formula is C12H12Cl2N2O. The molecule has 17 heavy (non-hydrogen) atoms. The van der Waals surface area contributed by atoms with Crippen LogP contribution in [0.5, 0.6) is 0 Å². The van der Waals surface area contributed by atoms with E-state index in [2.05, 4.69) is 4.98 Å². The van der Waals surface area contributed by atoms with Crippen LogP contribution in [0.2, 0.25) is 10.0 Å². The third kappa shape index (κ3) is 1.92. The third-order valence-corrected chi connectivity index (χ3v) is 3.81. The van der Waals surface area contributed by atoms with E-state index in [1.165, 1.54) is 0 Å². The SMILES string of the molecule is NC1CCCC1c1nc2cc(Cl)cc(Cl)c2o1. The number of halogens is 2. The zero-order valence-corrected chi connectivity index (χ0v) is 10.6. The maximum Gasteiger partial charge on any atom is 0.200 e. The molecule has 3 rings (SSSR count). The number of aromatic nitrogens is 1. The molecule has 2 unspecified atom stereocenters. The fourth-order valence-corrected chi connectivity index (χ4v) is 2.95. The van der Waals surface area contributed by atoms with E-state index in [9.17, 15) is 0 Å². The molecule has 1 heterocycles. The van der Waals surface area contributed by atoms with Gasteiger partial charge in [-0.1, -0.05) is 29.6 Å². The minimum atomic E-state index is 0.136. The summed E-state index contributed by atoms with van der Waals surface area (Å²) in [7, 11) is 0. The van der Waals surface area contributed by atoms with Crippen molar-refractivity contribution in [1.82, 2.24) is 4.98 Å². The summed E-state index contributed by atoms with van der Waals surface area (Å²) in [5.41, 5.74) is 7.35. The molecule has 0 saturated heterocycles. The number of benzene rings is 1. The highest BCUT2D eigenvalue weighted by atomic mass is 35.5. The molecular weight excluding hydrogens is 259 g/mol. The van der Waals surface area contributed by atoms with E-state index >= 15 is 0 Å². The zero-order chi connectivity index (χ0) is 12.0. The predicted molar refractivity (Wildman–Crippen MR) is 68.6 cm³/mol. The largest absolute Gasteiger partial charge is 0.439 e. The van der Waals surface area contributed by atoms with Gasteiger partial charge in [0.25, 0.3) is 0 Å². The van der Waals surface area contributed by atoms with Gasteiger partial charge in [0, 0.05) is 11.1 Å². The predicted octanol–water partition coefficient (Wildman–Crippen LogP) is 3.73. The van der Waals surface area contributed by atoms with Gasteiger partial charge in [-0.15, -0.1) is 0 Å². The van der Waals surface area contributed by atoms with Crippen LogP contribution in [0.1, 0.15) is 31.1 Å². The first-order valence-corrected chi connectivity index (χ1v) is 6.42. The summed E-state index contributed by atoms with van der Waals surface area (Å²) in [4.78, 5) is 4.45. The highest BCUT2D eigenvalue weighted by molar-refractivity contribution is 6.37. The van der Waals surface area contributed by atoms with Gasteiger partial charge in [-0.25, -0.2) is 4.98 Å². The summed E-state index contributed by atoms with van der Waals surface area (Å²) in [6.45, 7) is 0. The molecule has 5 heteroatoms. The zero-order valence-electron chi connectivity index (χ0n) is 9.12. The molecule has 2 N–H and O–H groups in total. The average Bonchev–Trinajstić information content (AvgIpc) is 2.83. The number of hydrogen-bond donors (Lipinski definition) is 1. The fraction of sp³-hybridized carbons (Fsp3) is 0.417. The van der Waals surface area contributed by atoms with E-state index < -0.39 is 0 Å². The van der Waals surface area contributed by atoms with E-state index in [1.807, 2.05) is 0 Å². The summed E-state index contributed by atoms with van der Waals surface area (Å²) >= 11 is 12.0. The van der Waals surface area contributed by atoms with Gasteiger partial charge in [-0.3, -0.25) is 0 Å². The summed E-state index contributed by atoms with van der Waals surface area (Å²) in [5, 5.41) is 1.07. The van der Waals surface area contributed by atoms with E-state index in [0.717, 1.165) is 19.3 Å². The van der Waals surface area contributed by atoms with E-state index in [4.69, 9.17) is 33.4 Å². The van der Waals surface area contributed by atoms with Gasteiger partial charge in [-0.05, 0) is 25.0 Å². The van der Waals surface area contributed by atoms with Crippen molar-refractivity contribution in [1.29, 1.82) is 0 Å². The van der Waals surface area contributed by atoms with E-state index in [0.29, 0.717) is 27.0 Å². The van der Waals surface area contributed by atoms with Crippen LogP contribution < -0.4 is 5.73 Å². The fourth-order valence-electron chi connectivity index (χ4n) is 2.43. The third-order valence-electron chi connectivity index (χ3n) is 3.31. The van der Waals surface area contributed by atoms with Gasteiger partial charge >= 0.3 is 0 Å². The summed E-state index contributed by atoms with van der Waals surface area (Å²) in [6, 6.07) is 3.56. The second kappa shape index (κ2) is 4.16. The Bertz CT molecular complexity index is 567. The minimum absolute atomic E-state index is 0.136. The molecule has 3 nitrogen and oxygen atoms in total. The second-order valence-corrected chi connectivity index (χ2v) is 5.33. The Hall–Kier alpha value is -0.770. The first-order chi connectivity index (χ1) is 8.15. The van der Waals surface area contributed by atoms with Crippen molar-refractivity contribution in [3.05, 3.63) is 28.1 Å². The first kappa shape index (κ1) is 11.3. The Kier molecular flexibility index (Phi) is 2.77. The van der Waals surface area contributed by atoms with Crippen LogP contribution in [0, 0.1) is 0 Å². The molecule has 2 atom stereocenters. The Morgan fingerprint density at radius 3 is 2.82 bits per heavy atom. The molecule has 0 amide bonds. The molecule has 1 aromatic carbocycles. The Morgan fingerprint density at radius 2 is 2.12 bits per heavy atom. The molecule has 1 aromatic heterocycles. The van der Waals surface area contributed by atoms with Crippen LogP contribution in [0.15, 0.2) is 16.5 Å². The molecule has 1 saturated carbocycles. The van der Waals surface area contributed by atoms with Crippen molar-refractivity contribution in [2.75, 3.05) is 0 Å². The molecule has 1 aliphatic rings. The van der Waals surface area contributed by atoms with Crippen LogP contribution in [0.4, 0.5) is 0 Å². The number of oxazole rings is 1. The molecule has 1 aliphatic carbocycles. The number of nitrogens with zero attached hydrogens (tertiary/aromatic N) is 1. The smallest absolute Gasteiger partial charge is 0.200 e. The van der Waals surface area contributed by atoms with Crippen molar-refractivity contribution >= 4 is 34.3 Å². The molecule has 2 aromatic rings. The van der Waals surface area contributed by atoms with Crippen molar-refractivity contribution in [2.24, 2.45) is 5.73 Å². The van der Waals surface area contributed by atoms with Crippen molar-refractivity contribution < 1.29 is 4.42 Å². The van der Waals surface area contributed by atoms with E-state index in [-0.39, 0.29) is 12.0 Å². The Morgan fingerprint density at radius 1 is 1.29 bits per heavy atom. The molecule has 90 valence electrons. The second-order valence-electron chi connectivity index (χ2n) is 4.49. The van der Waals surface area contributed by atoms with Crippen molar-refractivity contribution in [3.8, 4) is 0 Å². The molecule has 0 spiro atoms. The van der Waals surface area contributed by atoms with Gasteiger partial charge < -0.3 is 10.2 Å². The molecule has 1 fully saturated rings. The summed E-state index contributed by atoms with van der Waals surface area (Å²) < 4.78 is 5.73. The van der Waals surface area contributed by atoms with Gasteiger partial charge in [-0.2, -0.15) is 0 Å². The highest BCUT2D eigenvalue weighted by Gasteiger charge is 2.30. The average molecular weight is 271 g/mol. The number of rotatable bonds is 1. The lowest BCUT2D eigenvalue weighted by Gasteiger charge is -2.09. The van der Waals surface area contributed by atoms with Crippen LogP contribution >= 0.6 is 23.2 Å². The number of nitrogens with two attached hydrogens (primary N) is 1. The van der Waals surface area contributed by atoms with Gasteiger partial charge in [0.05, 0.1) is 10.9 Å². The quantitative estimate of drug-likeness (QED) is 0.859. The lowest BCUT2D eigenvalue weighted by Crippen LogP contribution is -2.22. The van der Waals surface area contributed by atoms with Crippen LogP contribution in [0.25, 0.3) is 11.1 Å². The minimum Gasteiger partial charge on any atom is -0.439 e. The maximum atomic E-state index is 6.07. The molecule has 0 bridgehead atoms. The monoisotopic (exact) mass is 270 g/mol. The van der Waals surface area contributed by atoms with Crippen LogP contribution in [0.3, 0.4) is 0 Å². The molecule has 0 radical (unpaired) electrons.